The lowest BCUT2D eigenvalue weighted by atomic mass is 9.81. The van der Waals surface area contributed by atoms with E-state index in [1.165, 1.54) is 6.92 Å². The van der Waals surface area contributed by atoms with Crippen LogP contribution in [0.3, 0.4) is 0 Å². The number of carbonyl (C=O) groups excluding carboxylic acids is 2. The fourth-order valence-electron chi connectivity index (χ4n) is 2.49. The predicted molar refractivity (Wildman–Crippen MR) is 70.3 cm³/mol. The van der Waals surface area contributed by atoms with Crippen molar-refractivity contribution < 1.29 is 33.4 Å². The third-order valence-electron chi connectivity index (χ3n) is 3.53. The van der Waals surface area contributed by atoms with Gasteiger partial charge in [0.15, 0.2) is 5.60 Å². The molecule has 120 valence electrons. The largest absolute Gasteiger partial charge is 0.479 e. The van der Waals surface area contributed by atoms with E-state index in [9.17, 15) is 18.8 Å². The van der Waals surface area contributed by atoms with Gasteiger partial charge in [0.1, 0.15) is 0 Å². The monoisotopic (exact) mass is 304 g/mol. The first kappa shape index (κ1) is 17.4. The van der Waals surface area contributed by atoms with E-state index in [1.807, 2.05) is 0 Å². The number of carboxylic acids is 1. The SMILES string of the molecule is CC(=O)OCCCC(=O)OC1(C(F)C(=O)O)CCCCC1. The van der Waals surface area contributed by atoms with E-state index in [0.717, 1.165) is 6.42 Å². The Morgan fingerprint density at radius 2 is 1.86 bits per heavy atom. The highest BCUT2D eigenvalue weighted by Gasteiger charge is 2.47. The molecule has 0 bridgehead atoms. The lowest BCUT2D eigenvalue weighted by Gasteiger charge is -2.37. The molecule has 1 N–H and O–H groups in total. The summed E-state index contributed by atoms with van der Waals surface area (Å²) in [5.74, 6) is -2.71. The molecule has 7 heteroatoms. The summed E-state index contributed by atoms with van der Waals surface area (Å²) >= 11 is 0. The maximum atomic E-state index is 14.0. The minimum Gasteiger partial charge on any atom is -0.479 e. The number of hydrogen-bond acceptors (Lipinski definition) is 5. The third kappa shape index (κ3) is 5.32. The van der Waals surface area contributed by atoms with Gasteiger partial charge in [-0.25, -0.2) is 9.18 Å². The van der Waals surface area contributed by atoms with E-state index < -0.39 is 29.7 Å². The highest BCUT2D eigenvalue weighted by molar-refractivity contribution is 5.76. The second-order valence-electron chi connectivity index (χ2n) is 5.24. The van der Waals surface area contributed by atoms with Crippen molar-refractivity contribution in [3.63, 3.8) is 0 Å². The van der Waals surface area contributed by atoms with Crippen LogP contribution < -0.4 is 0 Å². The quantitative estimate of drug-likeness (QED) is 0.571. The summed E-state index contributed by atoms with van der Waals surface area (Å²) in [5, 5.41) is 8.86. The van der Waals surface area contributed by atoms with E-state index in [-0.39, 0.29) is 32.3 Å². The maximum Gasteiger partial charge on any atom is 0.342 e. The molecule has 1 saturated carbocycles. The van der Waals surface area contributed by atoms with Crippen LogP contribution in [0.25, 0.3) is 0 Å². The number of alkyl halides is 1. The Bertz CT molecular complexity index is 389. The van der Waals surface area contributed by atoms with E-state index in [2.05, 4.69) is 4.74 Å². The van der Waals surface area contributed by atoms with Gasteiger partial charge in [0, 0.05) is 13.3 Å². The average molecular weight is 304 g/mol. The van der Waals surface area contributed by atoms with Crippen LogP contribution in [-0.4, -0.2) is 41.4 Å². The number of aliphatic carboxylic acids is 1. The van der Waals surface area contributed by atoms with E-state index >= 15 is 0 Å². The van der Waals surface area contributed by atoms with Crippen molar-refractivity contribution in [1.82, 2.24) is 0 Å². The Kier molecular flexibility index (Phi) is 6.58. The summed E-state index contributed by atoms with van der Waals surface area (Å²) < 4.78 is 23.8. The van der Waals surface area contributed by atoms with Gasteiger partial charge < -0.3 is 14.6 Å². The van der Waals surface area contributed by atoms with E-state index in [0.29, 0.717) is 12.8 Å². The van der Waals surface area contributed by atoms with Crippen molar-refractivity contribution in [2.75, 3.05) is 6.61 Å². The normalized spacial score (nSPS) is 18.6. The maximum absolute atomic E-state index is 14.0. The van der Waals surface area contributed by atoms with E-state index in [4.69, 9.17) is 9.84 Å². The van der Waals surface area contributed by atoms with Crippen LogP contribution in [-0.2, 0) is 23.9 Å². The predicted octanol–water partition coefficient (Wildman–Crippen LogP) is 2.00. The standard InChI is InChI=1S/C14H21FO6/c1-10(16)20-9-5-6-11(17)21-14(12(15)13(18)19)7-3-2-4-8-14/h12H,2-9H2,1H3,(H,18,19). The number of ether oxygens (including phenoxy) is 2. The van der Waals surface area contributed by atoms with E-state index in [1.54, 1.807) is 0 Å². The summed E-state index contributed by atoms with van der Waals surface area (Å²) in [4.78, 5) is 33.2. The molecule has 0 aliphatic heterocycles. The van der Waals surface area contributed by atoms with Crippen molar-refractivity contribution in [1.29, 1.82) is 0 Å². The molecule has 0 aromatic heterocycles. The molecule has 1 aliphatic rings. The van der Waals surface area contributed by atoms with Crippen molar-refractivity contribution in [3.05, 3.63) is 0 Å². The molecule has 0 spiro atoms. The molecule has 1 atom stereocenters. The number of esters is 2. The van der Waals surface area contributed by atoms with Crippen molar-refractivity contribution in [2.24, 2.45) is 0 Å². The molecule has 21 heavy (non-hydrogen) atoms. The van der Waals surface area contributed by atoms with Crippen LogP contribution in [0, 0.1) is 0 Å². The number of hydrogen-bond donors (Lipinski definition) is 1. The lowest BCUT2D eigenvalue weighted by molar-refractivity contribution is -0.181. The highest BCUT2D eigenvalue weighted by Crippen LogP contribution is 2.36. The first-order valence-corrected chi connectivity index (χ1v) is 7.09. The minimum atomic E-state index is -2.21. The van der Waals surface area contributed by atoms with Gasteiger partial charge in [-0.3, -0.25) is 9.59 Å². The minimum absolute atomic E-state index is 0.0403. The van der Waals surface area contributed by atoms with Crippen LogP contribution >= 0.6 is 0 Å². The topological polar surface area (TPSA) is 89.9 Å². The van der Waals surface area contributed by atoms with Crippen molar-refractivity contribution >= 4 is 17.9 Å². The summed E-state index contributed by atoms with van der Waals surface area (Å²) in [7, 11) is 0. The van der Waals surface area contributed by atoms with Crippen LogP contribution in [0.4, 0.5) is 4.39 Å². The third-order valence-corrected chi connectivity index (χ3v) is 3.53. The van der Waals surface area contributed by atoms with Gasteiger partial charge >= 0.3 is 17.9 Å². The van der Waals surface area contributed by atoms with Crippen molar-refractivity contribution in [2.45, 2.75) is 63.6 Å². The van der Waals surface area contributed by atoms with Gasteiger partial charge in [-0.05, 0) is 32.1 Å². The van der Waals surface area contributed by atoms with Gasteiger partial charge in [-0.15, -0.1) is 0 Å². The molecule has 0 heterocycles. The zero-order chi connectivity index (χ0) is 15.9. The zero-order valence-electron chi connectivity index (χ0n) is 12.1. The van der Waals surface area contributed by atoms with Crippen LogP contribution in [0.5, 0.6) is 0 Å². The van der Waals surface area contributed by atoms with Crippen LogP contribution in [0.15, 0.2) is 0 Å². The fourth-order valence-corrected chi connectivity index (χ4v) is 2.49. The second-order valence-corrected chi connectivity index (χ2v) is 5.24. The Hall–Kier alpha value is -1.66. The summed E-state index contributed by atoms with van der Waals surface area (Å²) in [6.45, 7) is 1.34. The summed E-state index contributed by atoms with van der Waals surface area (Å²) in [6, 6.07) is 0. The molecular formula is C14H21FO6. The number of carboxylic acid groups (broad SMARTS) is 1. The van der Waals surface area contributed by atoms with Crippen LogP contribution in [0.2, 0.25) is 0 Å². The highest BCUT2D eigenvalue weighted by atomic mass is 19.1. The Morgan fingerprint density at radius 3 is 2.38 bits per heavy atom. The average Bonchev–Trinajstić information content (AvgIpc) is 2.43. The number of carbonyl (C=O) groups is 3. The summed E-state index contributed by atoms with van der Waals surface area (Å²) in [5.41, 5.74) is -1.55. The Morgan fingerprint density at radius 1 is 1.24 bits per heavy atom. The molecule has 0 aromatic rings. The number of halogens is 1. The molecule has 1 unspecified atom stereocenters. The van der Waals surface area contributed by atoms with Crippen molar-refractivity contribution in [3.8, 4) is 0 Å². The molecule has 0 radical (unpaired) electrons. The molecule has 0 aromatic carbocycles. The second kappa shape index (κ2) is 7.95. The summed E-state index contributed by atoms with van der Waals surface area (Å²) in [6.07, 6.45) is 0.586. The molecule has 0 amide bonds. The lowest BCUT2D eigenvalue weighted by Crippen LogP contribution is -2.49. The van der Waals surface area contributed by atoms with Gasteiger partial charge in [0.2, 0.25) is 6.17 Å². The molecule has 1 rings (SSSR count). The first-order chi connectivity index (χ1) is 9.87. The molecule has 6 nitrogen and oxygen atoms in total. The molecule has 1 aliphatic carbocycles. The smallest absolute Gasteiger partial charge is 0.342 e. The number of rotatable bonds is 7. The Labute approximate surface area is 122 Å². The van der Waals surface area contributed by atoms with Gasteiger partial charge in [0.25, 0.3) is 0 Å². The molecule has 0 saturated heterocycles. The van der Waals surface area contributed by atoms with Gasteiger partial charge in [-0.2, -0.15) is 0 Å². The first-order valence-electron chi connectivity index (χ1n) is 7.09. The van der Waals surface area contributed by atoms with Crippen LogP contribution in [0.1, 0.15) is 51.9 Å². The van der Waals surface area contributed by atoms with Gasteiger partial charge in [0.05, 0.1) is 6.61 Å². The molecule has 1 fully saturated rings. The fraction of sp³-hybridized carbons (Fsp3) is 0.786. The zero-order valence-corrected chi connectivity index (χ0v) is 12.1. The molecular weight excluding hydrogens is 283 g/mol. The van der Waals surface area contributed by atoms with Gasteiger partial charge in [-0.1, -0.05) is 6.42 Å². The Balaban J connectivity index is 2.54.